The second kappa shape index (κ2) is 8.71. The molecule has 3 aromatic rings. The smallest absolute Gasteiger partial charge is 0.258 e. The number of hydrogen-bond acceptors (Lipinski definition) is 4. The summed E-state index contributed by atoms with van der Waals surface area (Å²) in [4.78, 5) is 4.06. The predicted molar refractivity (Wildman–Crippen MR) is 123 cm³/mol. The third-order valence-corrected chi connectivity index (χ3v) is 7.58. The van der Waals surface area contributed by atoms with Gasteiger partial charge in [-0.15, -0.1) is 0 Å². The minimum atomic E-state index is -3.86. The molecule has 34 heavy (non-hydrogen) atoms. The molecule has 0 aliphatic heterocycles. The number of benzene rings is 1. The molecule has 0 amide bonds. The molecule has 1 aromatic carbocycles. The Kier molecular flexibility index (Phi) is 6.21. The third kappa shape index (κ3) is 4.95. The zero-order valence-corrected chi connectivity index (χ0v) is 19.8. The first-order valence-electron chi connectivity index (χ1n) is 10.9. The SMILES string of the molecule is CC(C)(C)Cn1cc(C(NS(=O)(=O)C2CC2)C(F)F)c2ccc(-c3ncc(F)cc3C#N)cc21. The van der Waals surface area contributed by atoms with Gasteiger partial charge in [-0.1, -0.05) is 32.9 Å². The van der Waals surface area contributed by atoms with Crippen molar-refractivity contribution in [3.8, 4) is 17.3 Å². The molecule has 1 atom stereocenters. The van der Waals surface area contributed by atoms with Gasteiger partial charge in [0.25, 0.3) is 6.43 Å². The van der Waals surface area contributed by atoms with Crippen molar-refractivity contribution >= 4 is 20.9 Å². The van der Waals surface area contributed by atoms with Crippen LogP contribution in [-0.2, 0) is 16.6 Å². The van der Waals surface area contributed by atoms with Crippen LogP contribution in [-0.4, -0.2) is 29.6 Å². The van der Waals surface area contributed by atoms with Crippen LogP contribution < -0.4 is 4.72 Å². The summed E-state index contributed by atoms with van der Waals surface area (Å²) in [5, 5.41) is 9.25. The van der Waals surface area contributed by atoms with Crippen molar-refractivity contribution in [1.82, 2.24) is 14.3 Å². The van der Waals surface area contributed by atoms with E-state index < -0.39 is 33.6 Å². The Balaban J connectivity index is 1.88. The van der Waals surface area contributed by atoms with E-state index in [-0.39, 0.29) is 22.2 Å². The van der Waals surface area contributed by atoms with Crippen molar-refractivity contribution in [2.75, 3.05) is 0 Å². The molecule has 1 aliphatic carbocycles. The van der Waals surface area contributed by atoms with E-state index in [0.29, 0.717) is 35.9 Å². The molecule has 1 N–H and O–H groups in total. The molecule has 10 heteroatoms. The maximum Gasteiger partial charge on any atom is 0.258 e. The predicted octanol–water partition coefficient (Wildman–Crippen LogP) is 5.15. The number of pyridine rings is 1. The van der Waals surface area contributed by atoms with Crippen molar-refractivity contribution in [3.05, 3.63) is 53.6 Å². The molecule has 1 aliphatic rings. The molecule has 180 valence electrons. The van der Waals surface area contributed by atoms with Crippen LogP contribution in [0.4, 0.5) is 13.2 Å². The number of hydrogen-bond donors (Lipinski definition) is 1. The first-order chi connectivity index (χ1) is 15.9. The Bertz CT molecular complexity index is 1380. The van der Waals surface area contributed by atoms with E-state index in [1.165, 1.54) is 0 Å². The zero-order valence-electron chi connectivity index (χ0n) is 19.0. The van der Waals surface area contributed by atoms with Gasteiger partial charge >= 0.3 is 0 Å². The zero-order chi connectivity index (χ0) is 24.8. The van der Waals surface area contributed by atoms with Crippen molar-refractivity contribution < 1.29 is 21.6 Å². The molecule has 1 fully saturated rings. The van der Waals surface area contributed by atoms with Crippen molar-refractivity contribution in [3.63, 3.8) is 0 Å². The molecular formula is C24H25F3N4O2S. The summed E-state index contributed by atoms with van der Waals surface area (Å²) in [6, 6.07) is 6.27. The Morgan fingerprint density at radius 2 is 1.97 bits per heavy atom. The summed E-state index contributed by atoms with van der Waals surface area (Å²) in [5.41, 5.74) is 1.41. The summed E-state index contributed by atoms with van der Waals surface area (Å²) in [5.74, 6) is -0.637. The number of sulfonamides is 1. The van der Waals surface area contributed by atoms with Gasteiger partial charge in [-0.3, -0.25) is 4.98 Å². The molecule has 0 bridgehead atoms. The average molecular weight is 491 g/mol. The van der Waals surface area contributed by atoms with Crippen LogP contribution in [0.2, 0.25) is 0 Å². The molecule has 2 heterocycles. The molecule has 0 saturated heterocycles. The summed E-state index contributed by atoms with van der Waals surface area (Å²) < 4.78 is 70.8. The van der Waals surface area contributed by atoms with Crippen LogP contribution in [0.25, 0.3) is 22.2 Å². The normalized spacial score (nSPS) is 15.6. The lowest BCUT2D eigenvalue weighted by Gasteiger charge is -2.20. The standard InChI is InChI=1S/C24H25F3N4O2S/c1-24(2,3)13-31-12-19(22(23(26)27)30-34(32,33)17-5-6-17)18-7-4-14(9-20(18)31)21-15(10-28)8-16(25)11-29-21/h4,7-9,11-12,17,22-23,30H,5-6,13H2,1-3H3. The number of nitrogens with one attached hydrogen (secondary N) is 1. The maximum absolute atomic E-state index is 14.1. The molecule has 0 spiro atoms. The Hall–Kier alpha value is -2.90. The highest BCUT2D eigenvalue weighted by atomic mass is 32.2. The highest BCUT2D eigenvalue weighted by Crippen LogP contribution is 2.37. The van der Waals surface area contributed by atoms with E-state index in [1.807, 2.05) is 31.4 Å². The summed E-state index contributed by atoms with van der Waals surface area (Å²) in [6.07, 6.45) is 0.554. The van der Waals surface area contributed by atoms with Gasteiger partial charge in [0, 0.05) is 34.8 Å². The topological polar surface area (TPSA) is 87.8 Å². The molecular weight excluding hydrogens is 465 g/mol. The number of rotatable bonds is 7. The lowest BCUT2D eigenvalue weighted by molar-refractivity contribution is 0.109. The molecule has 4 rings (SSSR count). The first kappa shape index (κ1) is 24.2. The van der Waals surface area contributed by atoms with E-state index in [2.05, 4.69) is 9.71 Å². The van der Waals surface area contributed by atoms with Gasteiger partial charge in [-0.2, -0.15) is 5.26 Å². The Morgan fingerprint density at radius 3 is 2.56 bits per heavy atom. The first-order valence-corrected chi connectivity index (χ1v) is 12.4. The van der Waals surface area contributed by atoms with E-state index in [4.69, 9.17) is 0 Å². The van der Waals surface area contributed by atoms with Crippen LogP contribution in [0, 0.1) is 22.6 Å². The number of alkyl halides is 2. The fourth-order valence-corrected chi connectivity index (χ4v) is 5.55. The van der Waals surface area contributed by atoms with Gasteiger partial charge in [0.2, 0.25) is 10.0 Å². The monoisotopic (exact) mass is 490 g/mol. The summed E-state index contributed by atoms with van der Waals surface area (Å²) in [6.45, 7) is 6.47. The van der Waals surface area contributed by atoms with Crippen molar-refractivity contribution in [2.24, 2.45) is 5.41 Å². The molecule has 1 saturated carbocycles. The van der Waals surface area contributed by atoms with Gasteiger partial charge < -0.3 is 4.57 Å². The van der Waals surface area contributed by atoms with Gasteiger partial charge in [0.15, 0.2) is 0 Å². The quantitative estimate of drug-likeness (QED) is 0.496. The van der Waals surface area contributed by atoms with Gasteiger partial charge in [0.1, 0.15) is 17.9 Å². The number of nitriles is 1. The van der Waals surface area contributed by atoms with E-state index in [1.54, 1.807) is 24.4 Å². The fraction of sp³-hybridized carbons (Fsp3) is 0.417. The van der Waals surface area contributed by atoms with E-state index in [9.17, 15) is 26.9 Å². The molecule has 6 nitrogen and oxygen atoms in total. The number of halogens is 3. The summed E-state index contributed by atoms with van der Waals surface area (Å²) in [7, 11) is -3.86. The van der Waals surface area contributed by atoms with Crippen LogP contribution in [0.5, 0.6) is 0 Å². The van der Waals surface area contributed by atoms with Crippen LogP contribution in [0.15, 0.2) is 36.7 Å². The van der Waals surface area contributed by atoms with E-state index >= 15 is 0 Å². The lowest BCUT2D eigenvalue weighted by Crippen LogP contribution is -2.35. The van der Waals surface area contributed by atoms with Gasteiger partial charge in [-0.05, 0) is 30.4 Å². The number of nitrogens with zero attached hydrogens (tertiary/aromatic N) is 3. The largest absolute Gasteiger partial charge is 0.347 e. The van der Waals surface area contributed by atoms with Crippen LogP contribution in [0.3, 0.4) is 0 Å². The highest BCUT2D eigenvalue weighted by Gasteiger charge is 2.40. The molecule has 1 unspecified atom stereocenters. The fourth-order valence-electron chi connectivity index (χ4n) is 4.01. The third-order valence-electron chi connectivity index (χ3n) is 5.65. The van der Waals surface area contributed by atoms with Crippen LogP contribution >= 0.6 is 0 Å². The molecule has 0 radical (unpaired) electrons. The van der Waals surface area contributed by atoms with Crippen molar-refractivity contribution in [2.45, 2.75) is 57.9 Å². The second-order valence-corrected chi connectivity index (χ2v) is 11.8. The Morgan fingerprint density at radius 1 is 1.26 bits per heavy atom. The maximum atomic E-state index is 14.1. The minimum Gasteiger partial charge on any atom is -0.347 e. The number of fused-ring (bicyclic) bond motifs is 1. The van der Waals surface area contributed by atoms with Crippen LogP contribution in [0.1, 0.15) is 50.8 Å². The average Bonchev–Trinajstić information content (AvgIpc) is 3.56. The minimum absolute atomic E-state index is 0.0520. The van der Waals surface area contributed by atoms with Gasteiger partial charge in [-0.25, -0.2) is 26.3 Å². The Labute approximate surface area is 196 Å². The number of aromatic nitrogens is 2. The van der Waals surface area contributed by atoms with Crippen molar-refractivity contribution in [1.29, 1.82) is 5.26 Å². The van der Waals surface area contributed by atoms with Gasteiger partial charge in [0.05, 0.1) is 22.7 Å². The van der Waals surface area contributed by atoms with E-state index in [0.717, 1.165) is 12.3 Å². The second-order valence-electron chi connectivity index (χ2n) is 9.84. The molecule has 2 aromatic heterocycles. The lowest BCUT2D eigenvalue weighted by atomic mass is 9.97. The highest BCUT2D eigenvalue weighted by molar-refractivity contribution is 7.90. The summed E-state index contributed by atoms with van der Waals surface area (Å²) >= 11 is 0.